The molecule has 0 unspecified atom stereocenters. The van der Waals surface area contributed by atoms with E-state index in [4.69, 9.17) is 15.0 Å². The van der Waals surface area contributed by atoms with Gasteiger partial charge in [-0.3, -0.25) is 0 Å². The van der Waals surface area contributed by atoms with Crippen molar-refractivity contribution in [2.24, 2.45) is 0 Å². The highest BCUT2D eigenvalue weighted by atomic mass is 32.1. The van der Waals surface area contributed by atoms with Crippen LogP contribution in [0.2, 0.25) is 0 Å². The van der Waals surface area contributed by atoms with Gasteiger partial charge in [-0.05, 0) is 96.0 Å². The zero-order chi connectivity index (χ0) is 40.3. The van der Waals surface area contributed by atoms with Gasteiger partial charge < -0.3 is 0 Å². The predicted octanol–water partition coefficient (Wildman–Crippen LogP) is 15.7. The maximum atomic E-state index is 5.19. The summed E-state index contributed by atoms with van der Waals surface area (Å²) in [5, 5.41) is 10.0. The second kappa shape index (κ2) is 14.5. The molecular formula is C57H35N3S. The van der Waals surface area contributed by atoms with Crippen LogP contribution in [0.1, 0.15) is 0 Å². The van der Waals surface area contributed by atoms with Gasteiger partial charge in [-0.2, -0.15) is 0 Å². The molecule has 0 saturated carbocycles. The van der Waals surface area contributed by atoms with Crippen molar-refractivity contribution in [1.82, 2.24) is 15.0 Å². The van der Waals surface area contributed by atoms with Gasteiger partial charge in [0.15, 0.2) is 17.5 Å². The van der Waals surface area contributed by atoms with E-state index in [0.29, 0.717) is 17.5 Å². The van der Waals surface area contributed by atoms with Crippen molar-refractivity contribution in [3.05, 3.63) is 212 Å². The molecule has 284 valence electrons. The van der Waals surface area contributed by atoms with Crippen LogP contribution in [0.4, 0.5) is 0 Å². The summed E-state index contributed by atoms with van der Waals surface area (Å²) in [6, 6.07) is 75.9. The molecule has 0 saturated heterocycles. The Kier molecular flexibility index (Phi) is 8.36. The standard InChI is InChI=1S/C57H35N3S/c1-2-12-38(13-3-1)44-16-8-9-20-49(44)57-59-55(58-56(60-57)43-31-33-53-51(35-43)47-19-10-11-21-52(47)61-53)41-28-24-37(25-29-41)36-22-26-40(27-23-36)54-46-18-7-5-15-42(46)34-50-45-17-6-4-14-39(45)30-32-48(50)54/h1-35H. The monoisotopic (exact) mass is 793 g/mol. The first-order chi connectivity index (χ1) is 30.2. The van der Waals surface area contributed by atoms with Gasteiger partial charge in [0.25, 0.3) is 0 Å². The van der Waals surface area contributed by atoms with Crippen molar-refractivity contribution in [1.29, 1.82) is 0 Å². The van der Waals surface area contributed by atoms with E-state index in [0.717, 1.165) is 38.9 Å². The van der Waals surface area contributed by atoms with Crippen LogP contribution in [0, 0.1) is 0 Å². The molecule has 12 aromatic rings. The topological polar surface area (TPSA) is 38.7 Å². The fraction of sp³-hybridized carbons (Fsp3) is 0. The Hall–Kier alpha value is -7.79. The van der Waals surface area contributed by atoms with Gasteiger partial charge in [-0.1, -0.05) is 182 Å². The third-order valence-corrected chi connectivity index (χ3v) is 13.1. The molecule has 0 aliphatic heterocycles. The number of rotatable bonds is 6. The molecule has 10 aromatic carbocycles. The van der Waals surface area contributed by atoms with E-state index in [1.54, 1.807) is 0 Å². The molecule has 4 heteroatoms. The van der Waals surface area contributed by atoms with E-state index in [-0.39, 0.29) is 0 Å². The first-order valence-corrected chi connectivity index (χ1v) is 21.4. The Bertz CT molecular complexity index is 3630. The van der Waals surface area contributed by atoms with Crippen molar-refractivity contribution < 1.29 is 0 Å². The van der Waals surface area contributed by atoms with Crippen molar-refractivity contribution >= 4 is 63.8 Å². The number of nitrogens with zero attached hydrogens (tertiary/aromatic N) is 3. The van der Waals surface area contributed by atoms with Crippen LogP contribution < -0.4 is 0 Å². The number of fused-ring (bicyclic) bond motifs is 7. The average molecular weight is 794 g/mol. The van der Waals surface area contributed by atoms with Crippen LogP contribution in [0.25, 0.3) is 120 Å². The maximum absolute atomic E-state index is 5.19. The first-order valence-electron chi connectivity index (χ1n) is 20.6. The highest BCUT2D eigenvalue weighted by Gasteiger charge is 2.18. The van der Waals surface area contributed by atoms with Crippen LogP contribution in [0.5, 0.6) is 0 Å². The van der Waals surface area contributed by atoms with E-state index in [1.165, 1.54) is 63.6 Å². The molecule has 12 rings (SSSR count). The molecule has 3 nitrogen and oxygen atoms in total. The quantitative estimate of drug-likeness (QED) is 0.124. The normalized spacial score (nSPS) is 11.6. The molecule has 0 bridgehead atoms. The van der Waals surface area contributed by atoms with Gasteiger partial charge in [-0.25, -0.2) is 15.0 Å². The largest absolute Gasteiger partial charge is 0.208 e. The van der Waals surface area contributed by atoms with Crippen molar-refractivity contribution in [2.75, 3.05) is 0 Å². The van der Waals surface area contributed by atoms with Gasteiger partial charge in [-0.15, -0.1) is 11.3 Å². The molecule has 0 atom stereocenters. The molecule has 0 aliphatic rings. The Morgan fingerprint density at radius 2 is 0.820 bits per heavy atom. The number of aromatic nitrogens is 3. The van der Waals surface area contributed by atoms with E-state index in [2.05, 4.69) is 206 Å². The number of thiophene rings is 1. The zero-order valence-electron chi connectivity index (χ0n) is 33.0. The molecule has 0 spiro atoms. The van der Waals surface area contributed by atoms with Crippen molar-refractivity contribution in [2.45, 2.75) is 0 Å². The minimum Gasteiger partial charge on any atom is -0.208 e. The summed E-state index contributed by atoms with van der Waals surface area (Å²) in [6.45, 7) is 0. The third kappa shape index (κ3) is 6.16. The van der Waals surface area contributed by atoms with Gasteiger partial charge >= 0.3 is 0 Å². The van der Waals surface area contributed by atoms with Gasteiger partial charge in [0, 0.05) is 36.9 Å². The lowest BCUT2D eigenvalue weighted by molar-refractivity contribution is 1.07. The lowest BCUT2D eigenvalue weighted by Gasteiger charge is -2.14. The maximum Gasteiger partial charge on any atom is 0.164 e. The summed E-state index contributed by atoms with van der Waals surface area (Å²) in [4.78, 5) is 15.5. The van der Waals surface area contributed by atoms with Crippen molar-refractivity contribution in [3.8, 4) is 67.5 Å². The number of hydrogen-bond donors (Lipinski definition) is 0. The van der Waals surface area contributed by atoms with E-state index < -0.39 is 0 Å². The highest BCUT2D eigenvalue weighted by Crippen LogP contribution is 2.41. The summed E-state index contributed by atoms with van der Waals surface area (Å²) < 4.78 is 2.52. The Morgan fingerprint density at radius 3 is 1.61 bits per heavy atom. The van der Waals surface area contributed by atoms with Crippen LogP contribution in [0.3, 0.4) is 0 Å². The Balaban J connectivity index is 0.945. The lowest BCUT2D eigenvalue weighted by Crippen LogP contribution is -2.01. The Morgan fingerprint density at radius 1 is 0.262 bits per heavy atom. The van der Waals surface area contributed by atoms with E-state index in [9.17, 15) is 0 Å². The Labute approximate surface area is 356 Å². The minimum absolute atomic E-state index is 0.635. The summed E-state index contributed by atoms with van der Waals surface area (Å²) in [5.41, 5.74) is 9.79. The third-order valence-electron chi connectivity index (χ3n) is 11.9. The van der Waals surface area contributed by atoms with Crippen LogP contribution in [0.15, 0.2) is 212 Å². The number of hydrogen-bond acceptors (Lipinski definition) is 4. The summed E-state index contributed by atoms with van der Waals surface area (Å²) in [7, 11) is 0. The van der Waals surface area contributed by atoms with Crippen molar-refractivity contribution in [3.63, 3.8) is 0 Å². The SMILES string of the molecule is c1ccc(-c2ccccc2-c2nc(-c3ccc(-c4ccc(-c5c6ccccc6cc6c5ccc5ccccc56)cc4)cc3)nc(-c3ccc4sc5ccccc5c4c3)n2)cc1. The summed E-state index contributed by atoms with van der Waals surface area (Å²) in [5.74, 6) is 1.92. The van der Waals surface area contributed by atoms with Gasteiger partial charge in [0.05, 0.1) is 0 Å². The fourth-order valence-corrected chi connectivity index (χ4v) is 10.0. The highest BCUT2D eigenvalue weighted by molar-refractivity contribution is 7.25. The van der Waals surface area contributed by atoms with E-state index >= 15 is 0 Å². The number of benzene rings is 10. The smallest absolute Gasteiger partial charge is 0.164 e. The molecule has 0 fully saturated rings. The lowest BCUT2D eigenvalue weighted by atomic mass is 9.89. The molecule has 0 radical (unpaired) electrons. The summed E-state index contributed by atoms with van der Waals surface area (Å²) >= 11 is 1.81. The molecule has 0 aliphatic carbocycles. The molecule has 2 aromatic heterocycles. The molecule has 0 N–H and O–H groups in total. The van der Waals surface area contributed by atoms with Gasteiger partial charge in [0.2, 0.25) is 0 Å². The van der Waals surface area contributed by atoms with Crippen LogP contribution in [-0.2, 0) is 0 Å². The average Bonchev–Trinajstić information content (AvgIpc) is 3.71. The predicted molar refractivity (Wildman–Crippen MR) is 258 cm³/mol. The zero-order valence-corrected chi connectivity index (χ0v) is 33.8. The summed E-state index contributed by atoms with van der Waals surface area (Å²) in [6.07, 6.45) is 0. The second-order valence-electron chi connectivity index (χ2n) is 15.5. The van der Waals surface area contributed by atoms with E-state index in [1.807, 2.05) is 17.4 Å². The molecule has 0 amide bonds. The second-order valence-corrected chi connectivity index (χ2v) is 16.6. The molecular weight excluding hydrogens is 759 g/mol. The molecule has 61 heavy (non-hydrogen) atoms. The van der Waals surface area contributed by atoms with Crippen LogP contribution in [-0.4, -0.2) is 15.0 Å². The van der Waals surface area contributed by atoms with Gasteiger partial charge in [0.1, 0.15) is 0 Å². The molecule has 2 heterocycles. The first kappa shape index (κ1) is 35.2. The minimum atomic E-state index is 0.635. The van der Waals surface area contributed by atoms with Crippen LogP contribution >= 0.6 is 11.3 Å². The fourth-order valence-electron chi connectivity index (χ4n) is 8.94.